The van der Waals surface area contributed by atoms with Gasteiger partial charge in [-0.3, -0.25) is 4.79 Å². The van der Waals surface area contributed by atoms with Gasteiger partial charge in [-0.1, -0.05) is 6.07 Å². The summed E-state index contributed by atoms with van der Waals surface area (Å²) >= 11 is 1.58. The number of nitrogens with one attached hydrogen (secondary N) is 1. The van der Waals surface area contributed by atoms with Crippen LogP contribution in [0.15, 0.2) is 59.3 Å². The monoisotopic (exact) mass is 439 g/mol. The Labute approximate surface area is 182 Å². The van der Waals surface area contributed by atoms with Crippen molar-refractivity contribution in [2.24, 2.45) is 0 Å². The summed E-state index contributed by atoms with van der Waals surface area (Å²) in [6.07, 6.45) is 5.03. The lowest BCUT2D eigenvalue weighted by molar-refractivity contribution is -0.141. The van der Waals surface area contributed by atoms with E-state index in [-0.39, 0.29) is 30.4 Å². The molecule has 0 unspecified atom stereocenters. The van der Waals surface area contributed by atoms with Crippen LogP contribution in [0.25, 0.3) is 17.1 Å². The predicted molar refractivity (Wildman–Crippen MR) is 116 cm³/mol. The summed E-state index contributed by atoms with van der Waals surface area (Å²) in [5.41, 5.74) is 1.31. The highest BCUT2D eigenvalue weighted by Gasteiger charge is 2.38. The van der Waals surface area contributed by atoms with E-state index in [0.717, 1.165) is 15.8 Å². The van der Waals surface area contributed by atoms with Crippen LogP contribution < -0.4 is 0 Å². The van der Waals surface area contributed by atoms with Gasteiger partial charge in [0.2, 0.25) is 11.7 Å². The number of fused-ring (bicyclic) bond motifs is 1. The number of Topliss-reactive ketones (excluding diaryl/α,β-unsaturated/α-hetero) is 1. The quantitative estimate of drug-likeness (QED) is 0.249. The second-order valence-electron chi connectivity index (χ2n) is 6.83. The SMILES string of the molecule is COCCOC(=O)C1=C(N(C)Cc2cccs2)O/C(=C\c2c[nH]c3ncccc23)C1=O. The first-order chi connectivity index (χ1) is 15.1. The Hall–Kier alpha value is -3.43. The van der Waals surface area contributed by atoms with Crippen molar-refractivity contribution in [3.05, 3.63) is 69.7 Å². The number of aromatic amines is 1. The molecule has 0 amide bonds. The number of allylic oxidation sites excluding steroid dienone is 1. The molecule has 0 saturated heterocycles. The molecule has 4 heterocycles. The molecular weight excluding hydrogens is 418 g/mol. The standard InChI is InChI=1S/C22H21N3O5S/c1-25(13-15-5-4-10-31-15)21-18(22(27)29-9-8-28-2)19(26)17(30-21)11-14-12-24-20-16(14)6-3-7-23-20/h3-7,10-12H,8-9,13H2,1-2H3,(H,23,24)/b17-11-. The topological polar surface area (TPSA) is 93.8 Å². The molecule has 0 radical (unpaired) electrons. The van der Waals surface area contributed by atoms with Crippen LogP contribution >= 0.6 is 11.3 Å². The van der Waals surface area contributed by atoms with Gasteiger partial charge >= 0.3 is 5.97 Å². The molecule has 0 fully saturated rings. The third-order valence-corrected chi connectivity index (χ3v) is 5.55. The average Bonchev–Trinajstić information content (AvgIpc) is 3.49. The number of hydrogen-bond acceptors (Lipinski definition) is 8. The number of carbonyl (C=O) groups excluding carboxylic acids is 2. The van der Waals surface area contributed by atoms with E-state index in [1.54, 1.807) is 41.8 Å². The molecule has 9 heteroatoms. The van der Waals surface area contributed by atoms with Gasteiger partial charge in [0.05, 0.1) is 13.2 Å². The Balaban J connectivity index is 1.65. The number of esters is 1. The van der Waals surface area contributed by atoms with Gasteiger partial charge < -0.3 is 24.1 Å². The Bertz CT molecular complexity index is 1160. The number of ether oxygens (including phenoxy) is 3. The highest BCUT2D eigenvalue weighted by molar-refractivity contribution is 7.09. The van der Waals surface area contributed by atoms with Crippen LogP contribution in [-0.4, -0.2) is 54.0 Å². The van der Waals surface area contributed by atoms with Gasteiger partial charge in [-0.25, -0.2) is 9.78 Å². The maximum Gasteiger partial charge on any atom is 0.347 e. The van der Waals surface area contributed by atoms with Gasteiger partial charge in [-0.05, 0) is 29.7 Å². The zero-order chi connectivity index (χ0) is 21.8. The molecule has 3 aromatic rings. The minimum absolute atomic E-state index is 0.0429. The summed E-state index contributed by atoms with van der Waals surface area (Å²) < 4.78 is 16.0. The number of hydrogen-bond donors (Lipinski definition) is 1. The van der Waals surface area contributed by atoms with Crippen molar-refractivity contribution < 1.29 is 23.8 Å². The van der Waals surface area contributed by atoms with Crippen molar-refractivity contribution in [2.75, 3.05) is 27.4 Å². The number of nitrogens with zero attached hydrogens (tertiary/aromatic N) is 2. The van der Waals surface area contributed by atoms with Crippen molar-refractivity contribution in [3.63, 3.8) is 0 Å². The average molecular weight is 439 g/mol. The maximum absolute atomic E-state index is 13.1. The lowest BCUT2D eigenvalue weighted by Crippen LogP contribution is -2.22. The number of rotatable bonds is 8. The first kappa shape index (κ1) is 20.8. The van der Waals surface area contributed by atoms with Gasteiger partial charge in [-0.2, -0.15) is 0 Å². The summed E-state index contributed by atoms with van der Waals surface area (Å²) in [5.74, 6) is -1.03. The van der Waals surface area contributed by atoms with Gasteiger partial charge in [-0.15, -0.1) is 11.3 Å². The zero-order valence-electron chi connectivity index (χ0n) is 17.1. The lowest BCUT2D eigenvalue weighted by Gasteiger charge is -2.19. The smallest absolute Gasteiger partial charge is 0.347 e. The number of aromatic nitrogens is 2. The lowest BCUT2D eigenvalue weighted by atomic mass is 10.1. The summed E-state index contributed by atoms with van der Waals surface area (Å²) in [7, 11) is 3.28. The Morgan fingerprint density at radius 1 is 1.32 bits per heavy atom. The van der Waals surface area contributed by atoms with Gasteiger partial charge in [0.1, 0.15) is 12.3 Å². The van der Waals surface area contributed by atoms with E-state index in [9.17, 15) is 9.59 Å². The van der Waals surface area contributed by atoms with E-state index >= 15 is 0 Å². The minimum Gasteiger partial charge on any atom is -0.459 e. The molecule has 0 spiro atoms. The molecule has 160 valence electrons. The minimum atomic E-state index is -0.737. The number of thiophene rings is 1. The molecule has 0 saturated carbocycles. The molecule has 1 aliphatic rings. The molecule has 8 nitrogen and oxygen atoms in total. The van der Waals surface area contributed by atoms with E-state index in [1.165, 1.54) is 7.11 Å². The molecule has 31 heavy (non-hydrogen) atoms. The normalized spacial score (nSPS) is 15.0. The van der Waals surface area contributed by atoms with Crippen LogP contribution in [-0.2, 0) is 30.3 Å². The van der Waals surface area contributed by atoms with Crippen LogP contribution in [0.2, 0.25) is 0 Å². The summed E-state index contributed by atoms with van der Waals surface area (Å²) in [5, 5.41) is 2.81. The summed E-state index contributed by atoms with van der Waals surface area (Å²) in [6.45, 7) is 0.764. The second kappa shape index (κ2) is 9.15. The van der Waals surface area contributed by atoms with Crippen molar-refractivity contribution >= 4 is 40.2 Å². The molecule has 0 atom stereocenters. The molecule has 3 aromatic heterocycles. The number of ketones is 1. The first-order valence-corrected chi connectivity index (χ1v) is 10.5. The fourth-order valence-electron chi connectivity index (χ4n) is 3.20. The maximum atomic E-state index is 13.1. The third kappa shape index (κ3) is 4.37. The number of pyridine rings is 1. The first-order valence-electron chi connectivity index (χ1n) is 9.58. The van der Waals surface area contributed by atoms with Crippen molar-refractivity contribution in [1.29, 1.82) is 0 Å². The number of H-pyrrole nitrogens is 1. The fourth-order valence-corrected chi connectivity index (χ4v) is 3.96. The van der Waals surface area contributed by atoms with E-state index < -0.39 is 11.8 Å². The fraction of sp³-hybridized carbons (Fsp3) is 0.227. The molecule has 0 aromatic carbocycles. The van der Waals surface area contributed by atoms with Gasteiger partial charge in [0, 0.05) is 42.4 Å². The molecular formula is C22H21N3O5S. The van der Waals surface area contributed by atoms with Crippen LogP contribution in [0.5, 0.6) is 0 Å². The number of carbonyl (C=O) groups is 2. The van der Waals surface area contributed by atoms with Crippen molar-refractivity contribution in [3.8, 4) is 0 Å². The molecule has 1 aliphatic heterocycles. The summed E-state index contributed by atoms with van der Waals surface area (Å²) in [4.78, 5) is 35.9. The Kier molecular flexibility index (Phi) is 6.15. The molecule has 1 N–H and O–H groups in total. The van der Waals surface area contributed by atoms with E-state index in [1.807, 2.05) is 29.6 Å². The van der Waals surface area contributed by atoms with Crippen molar-refractivity contribution in [1.82, 2.24) is 14.9 Å². The van der Waals surface area contributed by atoms with Gasteiger partial charge in [0.15, 0.2) is 11.3 Å². The zero-order valence-corrected chi connectivity index (χ0v) is 17.9. The molecule has 4 rings (SSSR count). The van der Waals surface area contributed by atoms with Crippen LogP contribution in [0.3, 0.4) is 0 Å². The highest BCUT2D eigenvalue weighted by atomic mass is 32.1. The molecule has 0 bridgehead atoms. The van der Waals surface area contributed by atoms with Gasteiger partial charge in [0.25, 0.3) is 0 Å². The summed E-state index contributed by atoms with van der Waals surface area (Å²) in [6, 6.07) is 7.62. The van der Waals surface area contributed by atoms with Crippen molar-refractivity contribution in [2.45, 2.75) is 6.54 Å². The second-order valence-corrected chi connectivity index (χ2v) is 7.86. The molecule has 0 aliphatic carbocycles. The number of methoxy groups -OCH3 is 1. The van der Waals surface area contributed by atoms with Crippen LogP contribution in [0, 0.1) is 0 Å². The Morgan fingerprint density at radius 3 is 2.97 bits per heavy atom. The Morgan fingerprint density at radius 2 is 2.19 bits per heavy atom. The van der Waals surface area contributed by atoms with E-state index in [4.69, 9.17) is 14.2 Å². The van der Waals surface area contributed by atoms with E-state index in [2.05, 4.69) is 9.97 Å². The predicted octanol–water partition coefficient (Wildman–Crippen LogP) is 3.10. The van der Waals surface area contributed by atoms with Crippen LogP contribution in [0.4, 0.5) is 0 Å². The van der Waals surface area contributed by atoms with Crippen LogP contribution in [0.1, 0.15) is 10.4 Å². The van der Waals surface area contributed by atoms with E-state index in [0.29, 0.717) is 12.2 Å². The largest absolute Gasteiger partial charge is 0.459 e. The highest BCUT2D eigenvalue weighted by Crippen LogP contribution is 2.31. The third-order valence-electron chi connectivity index (χ3n) is 4.69.